The zero-order valence-corrected chi connectivity index (χ0v) is 7.40. The quantitative estimate of drug-likeness (QED) is 0.734. The SMILES string of the molecule is N#Cc1nn(CC2CCC2)cc1N. The van der Waals surface area contributed by atoms with Crippen molar-refractivity contribution in [3.05, 3.63) is 11.9 Å². The molecule has 4 nitrogen and oxygen atoms in total. The molecule has 0 spiro atoms. The van der Waals surface area contributed by atoms with Gasteiger partial charge in [0.05, 0.1) is 5.69 Å². The molecule has 2 rings (SSSR count). The molecule has 13 heavy (non-hydrogen) atoms. The third-order valence-corrected chi connectivity index (χ3v) is 2.57. The number of hydrogen-bond acceptors (Lipinski definition) is 3. The van der Waals surface area contributed by atoms with Gasteiger partial charge in [0.1, 0.15) is 6.07 Å². The Morgan fingerprint density at radius 1 is 1.69 bits per heavy atom. The first kappa shape index (κ1) is 8.11. The minimum Gasteiger partial charge on any atom is -0.395 e. The minimum absolute atomic E-state index is 0.347. The van der Waals surface area contributed by atoms with Crippen molar-refractivity contribution in [2.45, 2.75) is 25.8 Å². The fourth-order valence-electron chi connectivity index (χ4n) is 1.56. The van der Waals surface area contributed by atoms with Gasteiger partial charge in [-0.05, 0) is 18.8 Å². The molecule has 0 amide bonds. The van der Waals surface area contributed by atoms with E-state index in [4.69, 9.17) is 11.0 Å². The first-order valence-corrected chi connectivity index (χ1v) is 4.52. The average Bonchev–Trinajstić information content (AvgIpc) is 2.39. The van der Waals surface area contributed by atoms with E-state index in [0.29, 0.717) is 11.4 Å². The lowest BCUT2D eigenvalue weighted by atomic mass is 9.85. The van der Waals surface area contributed by atoms with Crippen LogP contribution in [0.2, 0.25) is 0 Å². The molecule has 1 heterocycles. The average molecular weight is 176 g/mol. The second kappa shape index (κ2) is 3.09. The van der Waals surface area contributed by atoms with E-state index in [0.717, 1.165) is 12.5 Å². The van der Waals surface area contributed by atoms with Gasteiger partial charge in [-0.3, -0.25) is 4.68 Å². The van der Waals surface area contributed by atoms with Gasteiger partial charge in [0.25, 0.3) is 0 Å². The van der Waals surface area contributed by atoms with Crippen LogP contribution in [-0.2, 0) is 6.54 Å². The number of rotatable bonds is 2. The first-order chi connectivity index (χ1) is 6.29. The molecule has 68 valence electrons. The van der Waals surface area contributed by atoms with Gasteiger partial charge in [0, 0.05) is 12.7 Å². The van der Waals surface area contributed by atoms with Crippen LogP contribution in [0.25, 0.3) is 0 Å². The molecular formula is C9H12N4. The van der Waals surface area contributed by atoms with Crippen LogP contribution in [0.5, 0.6) is 0 Å². The van der Waals surface area contributed by atoms with E-state index >= 15 is 0 Å². The van der Waals surface area contributed by atoms with E-state index in [1.54, 1.807) is 10.9 Å². The van der Waals surface area contributed by atoms with E-state index in [2.05, 4.69) is 5.10 Å². The van der Waals surface area contributed by atoms with Crippen LogP contribution < -0.4 is 5.73 Å². The maximum atomic E-state index is 8.63. The van der Waals surface area contributed by atoms with Gasteiger partial charge in [-0.25, -0.2) is 0 Å². The van der Waals surface area contributed by atoms with Gasteiger partial charge in [0.15, 0.2) is 5.69 Å². The highest BCUT2D eigenvalue weighted by molar-refractivity contribution is 5.47. The summed E-state index contributed by atoms with van der Waals surface area (Å²) in [6, 6.07) is 1.97. The van der Waals surface area contributed by atoms with Crippen molar-refractivity contribution in [1.29, 1.82) is 5.26 Å². The molecule has 0 saturated heterocycles. The maximum Gasteiger partial charge on any atom is 0.185 e. The lowest BCUT2D eigenvalue weighted by Gasteiger charge is -2.24. The third-order valence-electron chi connectivity index (χ3n) is 2.57. The summed E-state index contributed by atoms with van der Waals surface area (Å²) >= 11 is 0. The van der Waals surface area contributed by atoms with Crippen molar-refractivity contribution in [1.82, 2.24) is 9.78 Å². The lowest BCUT2D eigenvalue weighted by molar-refractivity contribution is 0.266. The van der Waals surface area contributed by atoms with Crippen LogP contribution in [0.1, 0.15) is 25.0 Å². The Hall–Kier alpha value is -1.50. The normalized spacial score (nSPS) is 16.5. The summed E-state index contributed by atoms with van der Waals surface area (Å²) in [5.41, 5.74) is 6.42. The fraction of sp³-hybridized carbons (Fsp3) is 0.556. The van der Waals surface area contributed by atoms with Crippen molar-refractivity contribution >= 4 is 5.69 Å². The minimum atomic E-state index is 0.347. The summed E-state index contributed by atoms with van der Waals surface area (Å²) in [5, 5.41) is 12.7. The summed E-state index contributed by atoms with van der Waals surface area (Å²) in [6.45, 7) is 0.909. The fourth-order valence-corrected chi connectivity index (χ4v) is 1.56. The Labute approximate surface area is 77.0 Å². The smallest absolute Gasteiger partial charge is 0.185 e. The van der Waals surface area contributed by atoms with Gasteiger partial charge in [-0.2, -0.15) is 10.4 Å². The van der Waals surface area contributed by atoms with Gasteiger partial charge in [-0.1, -0.05) is 6.42 Å². The van der Waals surface area contributed by atoms with E-state index in [9.17, 15) is 0 Å². The Morgan fingerprint density at radius 3 is 2.92 bits per heavy atom. The molecule has 0 aromatic carbocycles. The van der Waals surface area contributed by atoms with Gasteiger partial charge in [-0.15, -0.1) is 0 Å². The Balaban J connectivity index is 2.08. The van der Waals surface area contributed by atoms with Crippen molar-refractivity contribution in [2.75, 3.05) is 5.73 Å². The number of nitriles is 1. The molecule has 1 aromatic heterocycles. The Morgan fingerprint density at radius 2 is 2.46 bits per heavy atom. The summed E-state index contributed by atoms with van der Waals surface area (Å²) < 4.78 is 1.79. The first-order valence-electron chi connectivity index (χ1n) is 4.52. The zero-order valence-electron chi connectivity index (χ0n) is 7.40. The molecule has 1 aliphatic carbocycles. The number of aromatic nitrogens is 2. The molecule has 0 aliphatic heterocycles. The van der Waals surface area contributed by atoms with E-state index in [1.165, 1.54) is 19.3 Å². The molecule has 0 unspecified atom stereocenters. The highest BCUT2D eigenvalue weighted by Gasteiger charge is 2.18. The number of nitrogens with zero attached hydrogens (tertiary/aromatic N) is 3. The molecule has 0 bridgehead atoms. The monoisotopic (exact) mass is 176 g/mol. The molecule has 1 fully saturated rings. The van der Waals surface area contributed by atoms with Crippen LogP contribution in [0, 0.1) is 17.2 Å². The molecular weight excluding hydrogens is 164 g/mol. The molecule has 1 aliphatic rings. The standard InChI is InChI=1S/C9H12N4/c10-4-9-8(11)6-13(12-9)5-7-2-1-3-7/h6-7H,1-3,5,11H2. The van der Waals surface area contributed by atoms with Crippen molar-refractivity contribution < 1.29 is 0 Å². The van der Waals surface area contributed by atoms with Crippen molar-refractivity contribution in [3.63, 3.8) is 0 Å². The Bertz CT molecular complexity index is 343. The number of hydrogen-bond donors (Lipinski definition) is 1. The Kier molecular flexibility index (Phi) is 1.93. The van der Waals surface area contributed by atoms with Crippen LogP contribution in [-0.4, -0.2) is 9.78 Å². The molecule has 2 N–H and O–H groups in total. The molecule has 0 atom stereocenters. The number of nitrogen functional groups attached to an aromatic ring is 1. The highest BCUT2D eigenvalue weighted by atomic mass is 15.3. The third kappa shape index (κ3) is 1.50. The molecule has 1 saturated carbocycles. The predicted molar refractivity (Wildman–Crippen MR) is 48.7 cm³/mol. The van der Waals surface area contributed by atoms with Crippen LogP contribution in [0.15, 0.2) is 6.20 Å². The van der Waals surface area contributed by atoms with Crippen molar-refractivity contribution in [2.24, 2.45) is 5.92 Å². The maximum absolute atomic E-state index is 8.63. The van der Waals surface area contributed by atoms with Crippen LogP contribution >= 0.6 is 0 Å². The van der Waals surface area contributed by atoms with Crippen molar-refractivity contribution in [3.8, 4) is 6.07 Å². The van der Waals surface area contributed by atoms with Crippen LogP contribution in [0.4, 0.5) is 5.69 Å². The summed E-state index contributed by atoms with van der Waals surface area (Å²) in [4.78, 5) is 0. The largest absolute Gasteiger partial charge is 0.395 e. The van der Waals surface area contributed by atoms with Gasteiger partial charge >= 0.3 is 0 Å². The van der Waals surface area contributed by atoms with Gasteiger partial charge < -0.3 is 5.73 Å². The van der Waals surface area contributed by atoms with E-state index in [-0.39, 0.29) is 0 Å². The lowest BCUT2D eigenvalue weighted by Crippen LogP contribution is -2.18. The topological polar surface area (TPSA) is 67.6 Å². The van der Waals surface area contributed by atoms with E-state index in [1.807, 2.05) is 6.07 Å². The van der Waals surface area contributed by atoms with E-state index < -0.39 is 0 Å². The predicted octanol–water partition coefficient (Wildman–Crippen LogP) is 1.14. The summed E-state index contributed by atoms with van der Waals surface area (Å²) in [6.07, 6.45) is 5.63. The molecule has 1 aromatic rings. The summed E-state index contributed by atoms with van der Waals surface area (Å²) in [5.74, 6) is 0.742. The number of anilines is 1. The summed E-state index contributed by atoms with van der Waals surface area (Å²) in [7, 11) is 0. The zero-order chi connectivity index (χ0) is 9.26. The molecule has 0 radical (unpaired) electrons. The number of nitrogens with two attached hydrogens (primary N) is 1. The highest BCUT2D eigenvalue weighted by Crippen LogP contribution is 2.27. The second-order valence-corrected chi connectivity index (χ2v) is 3.56. The second-order valence-electron chi connectivity index (χ2n) is 3.56. The van der Waals surface area contributed by atoms with Crippen LogP contribution in [0.3, 0.4) is 0 Å². The van der Waals surface area contributed by atoms with Gasteiger partial charge in [0.2, 0.25) is 0 Å². The molecule has 4 heteroatoms.